The number of carbonyl (C=O) groups excluding carboxylic acids is 1. The van der Waals surface area contributed by atoms with Gasteiger partial charge in [0.25, 0.3) is 0 Å². The number of ether oxygens (including phenoxy) is 1. The Kier molecular flexibility index (Phi) is 7.91. The molecule has 0 spiro atoms. The third-order valence-corrected chi connectivity index (χ3v) is 6.77. The van der Waals surface area contributed by atoms with Gasteiger partial charge in [0.05, 0.1) is 18.3 Å². The summed E-state index contributed by atoms with van der Waals surface area (Å²) < 4.78 is 5.55. The van der Waals surface area contributed by atoms with Crippen LogP contribution in [0.1, 0.15) is 51.9 Å². The first kappa shape index (κ1) is 20.1. The predicted molar refractivity (Wildman–Crippen MR) is 96.8 cm³/mol. The summed E-state index contributed by atoms with van der Waals surface area (Å²) in [6, 6.07) is -0.717. The molecule has 1 saturated heterocycles. The van der Waals surface area contributed by atoms with Crippen LogP contribution in [-0.2, 0) is 9.53 Å². The summed E-state index contributed by atoms with van der Waals surface area (Å²) >= 11 is 1.70. The Labute approximate surface area is 150 Å². The summed E-state index contributed by atoms with van der Waals surface area (Å²) in [5.74, 6) is 1.72. The maximum atomic E-state index is 10.7. The maximum Gasteiger partial charge on any atom is 0.218 e. The molecule has 7 heteroatoms. The Bertz CT molecular complexity index is 410. The number of rotatable bonds is 5. The van der Waals surface area contributed by atoms with E-state index in [-0.39, 0.29) is 24.3 Å². The highest BCUT2D eigenvalue weighted by Gasteiger charge is 2.45. The van der Waals surface area contributed by atoms with E-state index in [1.807, 2.05) is 0 Å². The molecule has 4 N–H and O–H groups in total. The molecule has 0 aromatic carbocycles. The lowest BCUT2D eigenvalue weighted by Gasteiger charge is -2.47. The van der Waals surface area contributed by atoms with Crippen molar-refractivity contribution in [3.63, 3.8) is 0 Å². The van der Waals surface area contributed by atoms with Crippen molar-refractivity contribution in [2.24, 2.45) is 17.6 Å². The molecule has 1 amide bonds. The fourth-order valence-electron chi connectivity index (χ4n) is 3.27. The Morgan fingerprint density at radius 1 is 1.25 bits per heavy atom. The smallest absolute Gasteiger partial charge is 0.218 e. The second-order valence-electron chi connectivity index (χ2n) is 7.34. The molecule has 3 rings (SSSR count). The first-order valence-corrected chi connectivity index (χ1v) is 10.1. The quantitative estimate of drug-likeness (QED) is 0.644. The molecule has 0 bridgehead atoms. The molecular formula is C17H30BNO4S. The minimum Gasteiger partial charge on any atom is -0.391 e. The molecular weight excluding hydrogens is 325 g/mol. The predicted octanol–water partition coefficient (Wildman–Crippen LogP) is 1.19. The van der Waals surface area contributed by atoms with Crippen LogP contribution in [-0.4, -0.2) is 59.3 Å². The number of aliphatic hydroxyl groups is 2. The van der Waals surface area contributed by atoms with Crippen LogP contribution in [0, 0.1) is 11.8 Å². The summed E-state index contributed by atoms with van der Waals surface area (Å²) in [5, 5.41) is 19.9. The molecule has 6 atom stereocenters. The standard InChI is InChI=1S/C12H20BNO4S.C5H10/c13-12-8(16)5-7(15)11(18-12)6-1-2-9(6)19-4-3-10(14)17;1-5-3-2-4-5/h6-9,11-12,15-16H,1-5H2,(H2,14,17);5H,2-4H2,1H3/t6?,7-,8?,9?,11?,12-;/m0./s1. The number of primary amides is 1. The van der Waals surface area contributed by atoms with E-state index < -0.39 is 18.2 Å². The van der Waals surface area contributed by atoms with E-state index in [2.05, 4.69) is 6.92 Å². The van der Waals surface area contributed by atoms with Gasteiger partial charge >= 0.3 is 0 Å². The molecule has 4 unspecified atom stereocenters. The topological polar surface area (TPSA) is 92.8 Å². The Balaban J connectivity index is 0.000000355. The zero-order valence-corrected chi connectivity index (χ0v) is 15.3. The molecule has 24 heavy (non-hydrogen) atoms. The highest BCUT2D eigenvalue weighted by atomic mass is 32.2. The van der Waals surface area contributed by atoms with Gasteiger partial charge < -0.3 is 20.7 Å². The third kappa shape index (κ3) is 5.65. The van der Waals surface area contributed by atoms with E-state index >= 15 is 0 Å². The van der Waals surface area contributed by atoms with Crippen molar-refractivity contribution < 1.29 is 19.7 Å². The van der Waals surface area contributed by atoms with Crippen LogP contribution in [0.3, 0.4) is 0 Å². The lowest BCUT2D eigenvalue weighted by atomic mass is 9.75. The lowest BCUT2D eigenvalue weighted by molar-refractivity contribution is -0.167. The van der Waals surface area contributed by atoms with Crippen molar-refractivity contribution in [3.8, 4) is 0 Å². The van der Waals surface area contributed by atoms with Crippen LogP contribution in [0.2, 0.25) is 0 Å². The average molecular weight is 355 g/mol. The Morgan fingerprint density at radius 3 is 2.38 bits per heavy atom. The molecule has 1 aliphatic heterocycles. The largest absolute Gasteiger partial charge is 0.391 e. The van der Waals surface area contributed by atoms with E-state index in [1.54, 1.807) is 11.8 Å². The second kappa shape index (κ2) is 9.46. The number of thioether (sulfide) groups is 1. The number of amides is 1. The van der Waals surface area contributed by atoms with Crippen LogP contribution in [0.15, 0.2) is 0 Å². The van der Waals surface area contributed by atoms with E-state index in [0.717, 1.165) is 18.8 Å². The number of hydrogen-bond donors (Lipinski definition) is 3. The maximum absolute atomic E-state index is 10.7. The second-order valence-corrected chi connectivity index (χ2v) is 8.69. The van der Waals surface area contributed by atoms with Crippen molar-refractivity contribution in [2.75, 3.05) is 5.75 Å². The fraction of sp³-hybridized carbons (Fsp3) is 0.941. The summed E-state index contributed by atoms with van der Waals surface area (Å²) in [6.45, 7) is 2.31. The first-order valence-electron chi connectivity index (χ1n) is 9.05. The van der Waals surface area contributed by atoms with Crippen LogP contribution >= 0.6 is 11.8 Å². The van der Waals surface area contributed by atoms with Crippen molar-refractivity contribution in [1.82, 2.24) is 0 Å². The average Bonchev–Trinajstić information content (AvgIpc) is 2.46. The molecule has 3 fully saturated rings. The van der Waals surface area contributed by atoms with E-state index in [0.29, 0.717) is 17.4 Å². The molecule has 136 valence electrons. The van der Waals surface area contributed by atoms with Crippen LogP contribution in [0.5, 0.6) is 0 Å². The minimum atomic E-state index is -0.799. The Morgan fingerprint density at radius 2 is 1.92 bits per heavy atom. The summed E-state index contributed by atoms with van der Waals surface area (Å²) in [5.41, 5.74) is 5.11. The summed E-state index contributed by atoms with van der Waals surface area (Å²) in [4.78, 5) is 10.7. The first-order chi connectivity index (χ1) is 11.4. The number of hydrogen-bond acceptors (Lipinski definition) is 5. The zero-order valence-electron chi connectivity index (χ0n) is 14.5. The number of carbonyl (C=O) groups is 1. The van der Waals surface area contributed by atoms with E-state index in [4.69, 9.17) is 18.3 Å². The van der Waals surface area contributed by atoms with Crippen molar-refractivity contribution in [3.05, 3.63) is 0 Å². The normalized spacial score (nSPS) is 39.1. The summed E-state index contributed by atoms with van der Waals surface area (Å²) in [6.07, 6.45) is 5.37. The van der Waals surface area contributed by atoms with Gasteiger partial charge in [0.15, 0.2) is 0 Å². The van der Waals surface area contributed by atoms with Gasteiger partial charge in [-0.2, -0.15) is 11.8 Å². The van der Waals surface area contributed by atoms with Gasteiger partial charge in [-0.25, -0.2) is 0 Å². The van der Waals surface area contributed by atoms with Crippen molar-refractivity contribution >= 4 is 25.5 Å². The van der Waals surface area contributed by atoms with Gasteiger partial charge in [-0.15, -0.1) is 0 Å². The molecule has 2 saturated carbocycles. The SMILES string of the molecule is CC1CCC1.[B][C@H]1OC(C2CCC2SCCC(N)=O)[C@@H](O)CC1O. The van der Waals surface area contributed by atoms with Crippen LogP contribution < -0.4 is 5.73 Å². The van der Waals surface area contributed by atoms with E-state index in [9.17, 15) is 15.0 Å². The van der Waals surface area contributed by atoms with Gasteiger partial charge in [-0.3, -0.25) is 4.79 Å². The van der Waals surface area contributed by atoms with Gasteiger partial charge in [-0.05, 0) is 24.7 Å². The molecule has 5 nitrogen and oxygen atoms in total. The van der Waals surface area contributed by atoms with E-state index in [1.165, 1.54) is 19.3 Å². The van der Waals surface area contributed by atoms with Crippen molar-refractivity contribution in [2.45, 2.75) is 81.4 Å². The Hall–Kier alpha value is -0.235. The zero-order chi connectivity index (χ0) is 17.7. The van der Waals surface area contributed by atoms with Crippen LogP contribution in [0.4, 0.5) is 0 Å². The molecule has 0 aromatic heterocycles. The third-order valence-electron chi connectivity index (χ3n) is 5.31. The molecule has 2 radical (unpaired) electrons. The molecule has 0 aromatic rings. The monoisotopic (exact) mass is 355 g/mol. The van der Waals surface area contributed by atoms with Crippen molar-refractivity contribution in [1.29, 1.82) is 0 Å². The van der Waals surface area contributed by atoms with Gasteiger partial charge in [0, 0.05) is 29.8 Å². The number of nitrogens with two attached hydrogens (primary N) is 1. The van der Waals surface area contributed by atoms with Crippen LogP contribution in [0.25, 0.3) is 0 Å². The highest BCUT2D eigenvalue weighted by molar-refractivity contribution is 8.00. The van der Waals surface area contributed by atoms with Gasteiger partial charge in [-0.1, -0.05) is 26.2 Å². The highest BCUT2D eigenvalue weighted by Crippen LogP contribution is 2.43. The minimum absolute atomic E-state index is 0.242. The fourth-order valence-corrected chi connectivity index (χ4v) is 4.73. The lowest BCUT2D eigenvalue weighted by Crippen LogP contribution is -2.54. The molecule has 2 aliphatic carbocycles. The van der Waals surface area contributed by atoms with Gasteiger partial charge in [0.1, 0.15) is 7.85 Å². The number of aliphatic hydroxyl groups excluding tert-OH is 2. The van der Waals surface area contributed by atoms with Gasteiger partial charge in [0.2, 0.25) is 5.91 Å². The molecule has 1 heterocycles. The molecule has 3 aliphatic rings. The summed E-state index contributed by atoms with van der Waals surface area (Å²) in [7, 11) is 5.68.